The molecule has 1 amide bonds. The molecule has 1 heterocycles. The minimum absolute atomic E-state index is 0.0120. The Kier molecular flexibility index (Phi) is 6.00. The van der Waals surface area contributed by atoms with Gasteiger partial charge in [0, 0.05) is 12.1 Å². The number of carbonyl (C=O) groups excluding carboxylic acids is 1. The molecule has 0 aromatic heterocycles. The fraction of sp³-hybridized carbons (Fsp3) is 0.120. The average Bonchev–Trinajstić information content (AvgIpc) is 3.28. The van der Waals surface area contributed by atoms with Crippen molar-refractivity contribution in [3.63, 3.8) is 0 Å². The van der Waals surface area contributed by atoms with E-state index in [0.717, 1.165) is 11.1 Å². The molecule has 1 atom stereocenters. The number of nitrogens with one attached hydrogen (secondary N) is 1. The summed E-state index contributed by atoms with van der Waals surface area (Å²) in [4.78, 5) is 17.2. The molecule has 156 valence electrons. The van der Waals surface area contributed by atoms with Crippen LogP contribution in [0.3, 0.4) is 0 Å². The van der Waals surface area contributed by atoms with E-state index in [9.17, 15) is 18.7 Å². The molecule has 2 N–H and O–H groups in total. The van der Waals surface area contributed by atoms with Gasteiger partial charge in [0.2, 0.25) is 0 Å². The van der Waals surface area contributed by atoms with E-state index in [1.165, 1.54) is 30.3 Å². The van der Waals surface area contributed by atoms with Gasteiger partial charge in [-0.3, -0.25) is 9.79 Å². The van der Waals surface area contributed by atoms with Gasteiger partial charge in [0.15, 0.2) is 0 Å². The van der Waals surface area contributed by atoms with Crippen molar-refractivity contribution in [3.05, 3.63) is 113 Å². The summed E-state index contributed by atoms with van der Waals surface area (Å²) in [5, 5.41) is 12.9. The van der Waals surface area contributed by atoms with E-state index in [0.29, 0.717) is 17.8 Å². The first-order valence-electron chi connectivity index (χ1n) is 9.84. The lowest BCUT2D eigenvalue weighted by molar-refractivity contribution is 0.0915. The summed E-state index contributed by atoms with van der Waals surface area (Å²) in [6.45, 7) is 0.297. The Bertz CT molecular complexity index is 1160. The van der Waals surface area contributed by atoms with Crippen molar-refractivity contribution in [2.45, 2.75) is 6.10 Å². The highest BCUT2D eigenvalue weighted by Crippen LogP contribution is 2.25. The van der Waals surface area contributed by atoms with Crippen molar-refractivity contribution in [1.82, 2.24) is 5.32 Å². The first-order valence-corrected chi connectivity index (χ1v) is 9.84. The van der Waals surface area contributed by atoms with Crippen LogP contribution in [0.5, 0.6) is 0 Å². The molecule has 4 rings (SSSR count). The number of rotatable bonds is 6. The van der Waals surface area contributed by atoms with Crippen molar-refractivity contribution >= 4 is 17.2 Å². The summed E-state index contributed by atoms with van der Waals surface area (Å²) in [6, 6.07) is 19.2. The van der Waals surface area contributed by atoms with E-state index in [1.807, 2.05) is 6.07 Å². The number of hydrogen-bond acceptors (Lipinski definition) is 3. The minimum atomic E-state index is -0.879. The number of benzene rings is 3. The SMILES string of the molecule is O=C(NC[C@@H](O)c1ccccc1)c1cccc(F)c1C1=NCC(c2ccc(F)cc2)=C1. The van der Waals surface area contributed by atoms with Crippen LogP contribution in [-0.2, 0) is 0 Å². The molecule has 3 aromatic rings. The number of aliphatic hydroxyl groups is 1. The van der Waals surface area contributed by atoms with Gasteiger partial charge in [-0.15, -0.1) is 0 Å². The lowest BCUT2D eigenvalue weighted by atomic mass is 9.99. The molecule has 0 aliphatic carbocycles. The molecule has 0 saturated heterocycles. The quantitative estimate of drug-likeness (QED) is 0.627. The first-order chi connectivity index (χ1) is 15.0. The first kappa shape index (κ1) is 20.6. The van der Waals surface area contributed by atoms with Crippen LogP contribution in [0, 0.1) is 11.6 Å². The molecular formula is C25H20F2N2O2. The van der Waals surface area contributed by atoms with Crippen molar-refractivity contribution in [1.29, 1.82) is 0 Å². The summed E-state index contributed by atoms with van der Waals surface area (Å²) < 4.78 is 27.9. The third-order valence-electron chi connectivity index (χ3n) is 5.10. The number of halogens is 2. The third kappa shape index (κ3) is 4.59. The van der Waals surface area contributed by atoms with Crippen LogP contribution in [0.2, 0.25) is 0 Å². The van der Waals surface area contributed by atoms with Crippen molar-refractivity contribution < 1.29 is 18.7 Å². The second-order valence-corrected chi connectivity index (χ2v) is 7.18. The molecule has 4 nitrogen and oxygen atoms in total. The topological polar surface area (TPSA) is 61.7 Å². The van der Waals surface area contributed by atoms with Crippen LogP contribution < -0.4 is 5.32 Å². The van der Waals surface area contributed by atoms with Gasteiger partial charge in [0.05, 0.1) is 23.9 Å². The second kappa shape index (κ2) is 9.02. The second-order valence-electron chi connectivity index (χ2n) is 7.18. The molecule has 0 saturated carbocycles. The van der Waals surface area contributed by atoms with Crippen LogP contribution in [0.4, 0.5) is 8.78 Å². The molecule has 6 heteroatoms. The number of aliphatic imine (C=N–C) groups is 1. The Morgan fingerprint density at radius 3 is 2.48 bits per heavy atom. The monoisotopic (exact) mass is 418 g/mol. The number of hydrogen-bond donors (Lipinski definition) is 2. The van der Waals surface area contributed by atoms with Crippen LogP contribution in [0.25, 0.3) is 5.57 Å². The Morgan fingerprint density at radius 1 is 1.00 bits per heavy atom. The van der Waals surface area contributed by atoms with Gasteiger partial charge in [0.25, 0.3) is 5.91 Å². The van der Waals surface area contributed by atoms with E-state index >= 15 is 0 Å². The maximum absolute atomic E-state index is 14.7. The lowest BCUT2D eigenvalue weighted by Gasteiger charge is -2.14. The Morgan fingerprint density at radius 2 is 1.74 bits per heavy atom. The van der Waals surface area contributed by atoms with Gasteiger partial charge in [-0.25, -0.2) is 8.78 Å². The summed E-state index contributed by atoms with van der Waals surface area (Å²) >= 11 is 0. The highest BCUT2D eigenvalue weighted by molar-refractivity contribution is 6.19. The standard InChI is InChI=1S/C25H20F2N2O2/c26-19-11-9-16(10-12-19)18-13-22(28-14-18)24-20(7-4-8-21(24)27)25(31)29-15-23(30)17-5-2-1-3-6-17/h1-13,23,30H,14-15H2,(H,29,31)/t23-/m1/s1. The van der Waals surface area contributed by atoms with Crippen molar-refractivity contribution in [2.75, 3.05) is 13.1 Å². The zero-order valence-corrected chi connectivity index (χ0v) is 16.6. The van der Waals surface area contributed by atoms with Gasteiger partial charge in [-0.05, 0) is 47.0 Å². The fourth-order valence-electron chi connectivity index (χ4n) is 3.47. The number of allylic oxidation sites excluding steroid dienone is 1. The van der Waals surface area contributed by atoms with Gasteiger partial charge < -0.3 is 10.4 Å². The molecule has 0 fully saturated rings. The number of amides is 1. The number of nitrogens with zero attached hydrogens (tertiary/aromatic N) is 1. The fourth-order valence-corrected chi connectivity index (χ4v) is 3.47. The maximum atomic E-state index is 14.7. The molecule has 0 unspecified atom stereocenters. The van der Waals surface area contributed by atoms with Crippen LogP contribution in [0.15, 0.2) is 83.9 Å². The smallest absolute Gasteiger partial charge is 0.252 e. The molecule has 0 bridgehead atoms. The zero-order valence-electron chi connectivity index (χ0n) is 16.6. The van der Waals surface area contributed by atoms with Gasteiger partial charge in [-0.1, -0.05) is 48.5 Å². The molecule has 31 heavy (non-hydrogen) atoms. The molecule has 0 radical (unpaired) electrons. The molecule has 1 aliphatic heterocycles. The van der Waals surface area contributed by atoms with E-state index in [1.54, 1.807) is 42.5 Å². The summed E-state index contributed by atoms with van der Waals surface area (Å²) in [7, 11) is 0. The minimum Gasteiger partial charge on any atom is -0.387 e. The molecule has 3 aromatic carbocycles. The number of carbonyl (C=O) groups is 1. The van der Waals surface area contributed by atoms with E-state index < -0.39 is 17.8 Å². The lowest BCUT2D eigenvalue weighted by Crippen LogP contribution is -2.30. The maximum Gasteiger partial charge on any atom is 0.252 e. The van der Waals surface area contributed by atoms with Crippen LogP contribution >= 0.6 is 0 Å². The van der Waals surface area contributed by atoms with Crippen molar-refractivity contribution in [3.8, 4) is 0 Å². The van der Waals surface area contributed by atoms with Gasteiger partial charge in [0.1, 0.15) is 11.6 Å². The normalized spacial score (nSPS) is 14.0. The summed E-state index contributed by atoms with van der Waals surface area (Å²) in [5.41, 5.74) is 2.86. The number of aliphatic hydroxyl groups excluding tert-OH is 1. The molecule has 0 spiro atoms. The van der Waals surface area contributed by atoms with Crippen molar-refractivity contribution in [2.24, 2.45) is 4.99 Å². The highest BCUT2D eigenvalue weighted by Gasteiger charge is 2.22. The predicted octanol–water partition coefficient (Wildman–Crippen LogP) is 4.31. The van der Waals surface area contributed by atoms with E-state index in [4.69, 9.17) is 0 Å². The molecular weight excluding hydrogens is 398 g/mol. The highest BCUT2D eigenvalue weighted by atomic mass is 19.1. The average molecular weight is 418 g/mol. The Hall–Kier alpha value is -3.64. The Balaban J connectivity index is 1.55. The van der Waals surface area contributed by atoms with Crippen LogP contribution in [0.1, 0.15) is 33.2 Å². The van der Waals surface area contributed by atoms with Gasteiger partial charge in [-0.2, -0.15) is 0 Å². The third-order valence-corrected chi connectivity index (χ3v) is 5.10. The van der Waals surface area contributed by atoms with E-state index in [2.05, 4.69) is 10.3 Å². The molecule has 1 aliphatic rings. The van der Waals surface area contributed by atoms with E-state index in [-0.39, 0.29) is 23.5 Å². The Labute approximate surface area is 178 Å². The summed E-state index contributed by atoms with van der Waals surface area (Å²) in [6.07, 6.45) is 0.831. The predicted molar refractivity (Wildman–Crippen MR) is 116 cm³/mol. The largest absolute Gasteiger partial charge is 0.387 e. The van der Waals surface area contributed by atoms with Gasteiger partial charge >= 0.3 is 0 Å². The summed E-state index contributed by atoms with van der Waals surface area (Å²) in [5.74, 6) is -1.41. The zero-order chi connectivity index (χ0) is 21.8. The van der Waals surface area contributed by atoms with Crippen LogP contribution in [-0.4, -0.2) is 29.8 Å².